The molecule has 0 bridgehead atoms. The van der Waals surface area contributed by atoms with E-state index >= 15 is 0 Å². The van der Waals surface area contributed by atoms with Gasteiger partial charge >= 0.3 is 0 Å². The minimum atomic E-state index is -3.80. The van der Waals surface area contributed by atoms with Crippen LogP contribution in [0.15, 0.2) is 52.1 Å². The van der Waals surface area contributed by atoms with Gasteiger partial charge in [-0.2, -0.15) is 4.31 Å². The van der Waals surface area contributed by atoms with Gasteiger partial charge in [-0.05, 0) is 53.1 Å². The fourth-order valence-electron chi connectivity index (χ4n) is 3.98. The van der Waals surface area contributed by atoms with Crippen LogP contribution >= 0.6 is 22.7 Å². The van der Waals surface area contributed by atoms with Crippen LogP contribution in [0, 0.1) is 5.82 Å². The predicted molar refractivity (Wildman–Crippen MR) is 122 cm³/mol. The molecule has 0 saturated carbocycles. The molecule has 9 heteroatoms. The van der Waals surface area contributed by atoms with Gasteiger partial charge in [0.1, 0.15) is 5.82 Å². The van der Waals surface area contributed by atoms with Gasteiger partial charge in [-0.25, -0.2) is 12.8 Å². The molecule has 1 aliphatic rings. The number of benzene rings is 1. The molecule has 0 radical (unpaired) electrons. The van der Waals surface area contributed by atoms with Gasteiger partial charge in [-0.3, -0.25) is 4.79 Å². The number of amides is 1. The van der Waals surface area contributed by atoms with E-state index in [1.54, 1.807) is 41.4 Å². The molecule has 31 heavy (non-hydrogen) atoms. The number of rotatable bonds is 6. The highest BCUT2D eigenvalue weighted by Gasteiger charge is 2.35. The van der Waals surface area contributed by atoms with Crippen LogP contribution in [0.4, 0.5) is 4.39 Å². The second kappa shape index (κ2) is 8.82. The second-order valence-electron chi connectivity index (χ2n) is 7.20. The van der Waals surface area contributed by atoms with Crippen molar-refractivity contribution in [1.82, 2.24) is 9.21 Å². The van der Waals surface area contributed by atoms with Crippen molar-refractivity contribution in [2.75, 3.05) is 19.6 Å². The van der Waals surface area contributed by atoms with Crippen LogP contribution in [0.25, 0.3) is 0 Å². The monoisotopic (exact) mass is 478 g/mol. The highest BCUT2D eigenvalue weighted by Crippen LogP contribution is 2.40. The largest absolute Gasteiger partial charge is 0.326 e. The van der Waals surface area contributed by atoms with Crippen LogP contribution in [0.2, 0.25) is 0 Å². The smallest absolute Gasteiger partial charge is 0.257 e. The first kappa shape index (κ1) is 22.1. The van der Waals surface area contributed by atoms with E-state index in [9.17, 15) is 17.6 Å². The van der Waals surface area contributed by atoms with Crippen LogP contribution in [-0.2, 0) is 16.4 Å². The zero-order chi connectivity index (χ0) is 22.2. The lowest BCUT2D eigenvalue weighted by atomic mass is 9.97. The molecule has 1 atom stereocenters. The Labute approximate surface area is 189 Å². The minimum Gasteiger partial charge on any atom is -0.326 e. The SMILES string of the molecule is CCN(CC)S(=O)(=O)c1ccc(F)c(C(=O)N2CCc3sccc3C2c2cccs2)c1. The minimum absolute atomic E-state index is 0.0677. The fourth-order valence-corrected chi connectivity index (χ4v) is 7.23. The fraction of sp³-hybridized carbons (Fsp3) is 0.318. The third kappa shape index (κ3) is 3.95. The molecule has 0 aliphatic carbocycles. The Morgan fingerprint density at radius 1 is 1.16 bits per heavy atom. The van der Waals surface area contributed by atoms with Crippen molar-refractivity contribution in [1.29, 1.82) is 0 Å². The van der Waals surface area contributed by atoms with Gasteiger partial charge in [0.15, 0.2) is 0 Å². The number of carbonyl (C=O) groups is 1. The summed E-state index contributed by atoms with van der Waals surface area (Å²) < 4.78 is 41.9. The summed E-state index contributed by atoms with van der Waals surface area (Å²) in [6, 6.07) is 9.10. The molecule has 4 rings (SSSR count). The molecular formula is C22H23FN2O3S3. The zero-order valence-electron chi connectivity index (χ0n) is 17.2. The van der Waals surface area contributed by atoms with Gasteiger partial charge < -0.3 is 4.90 Å². The Balaban J connectivity index is 1.76. The number of nitrogens with zero attached hydrogens (tertiary/aromatic N) is 2. The summed E-state index contributed by atoms with van der Waals surface area (Å²) in [5.41, 5.74) is 0.841. The molecule has 3 aromatic rings. The summed E-state index contributed by atoms with van der Waals surface area (Å²) in [5.74, 6) is -1.21. The molecule has 1 aromatic carbocycles. The van der Waals surface area contributed by atoms with Crippen LogP contribution < -0.4 is 0 Å². The first-order chi connectivity index (χ1) is 14.9. The van der Waals surface area contributed by atoms with E-state index in [0.29, 0.717) is 26.1 Å². The van der Waals surface area contributed by atoms with Crippen LogP contribution in [0.3, 0.4) is 0 Å². The predicted octanol–water partition coefficient (Wildman–Crippen LogP) is 4.77. The molecule has 1 aliphatic heterocycles. The third-order valence-corrected chi connectivity index (χ3v) is 9.52. The van der Waals surface area contributed by atoms with Gasteiger partial charge in [0.25, 0.3) is 5.91 Å². The maximum absolute atomic E-state index is 14.8. The quantitative estimate of drug-likeness (QED) is 0.513. The highest BCUT2D eigenvalue weighted by atomic mass is 32.2. The van der Waals surface area contributed by atoms with Gasteiger partial charge in [0.2, 0.25) is 10.0 Å². The van der Waals surface area contributed by atoms with Crippen LogP contribution in [0.5, 0.6) is 0 Å². The summed E-state index contributed by atoms with van der Waals surface area (Å²) in [5, 5.41) is 3.97. The van der Waals surface area contributed by atoms with E-state index in [-0.39, 0.29) is 16.5 Å². The van der Waals surface area contributed by atoms with E-state index < -0.39 is 21.7 Å². The summed E-state index contributed by atoms with van der Waals surface area (Å²) in [7, 11) is -3.80. The average molecular weight is 479 g/mol. The summed E-state index contributed by atoms with van der Waals surface area (Å²) >= 11 is 3.21. The number of halogens is 1. The number of hydrogen-bond donors (Lipinski definition) is 0. The second-order valence-corrected chi connectivity index (χ2v) is 11.1. The first-order valence-electron chi connectivity index (χ1n) is 10.1. The number of hydrogen-bond acceptors (Lipinski definition) is 5. The molecular weight excluding hydrogens is 455 g/mol. The standard InChI is InChI=1S/C22H23FN2O3S3/c1-3-24(4-2)31(27,28)15-7-8-18(23)17(14-15)22(26)25-11-9-19-16(10-13-30-19)21(25)20-6-5-12-29-20/h5-8,10,12-14,21H,3-4,9,11H2,1-2H3. The maximum atomic E-state index is 14.8. The van der Waals surface area contributed by atoms with E-state index in [1.165, 1.54) is 21.3 Å². The molecule has 2 aromatic heterocycles. The third-order valence-electron chi connectivity index (χ3n) is 5.55. The van der Waals surface area contributed by atoms with Crippen molar-refractivity contribution in [3.05, 3.63) is 73.9 Å². The molecule has 0 spiro atoms. The Morgan fingerprint density at radius 3 is 2.61 bits per heavy atom. The lowest BCUT2D eigenvalue weighted by Crippen LogP contribution is -2.40. The van der Waals surface area contributed by atoms with Gasteiger partial charge in [0.05, 0.1) is 16.5 Å². The topological polar surface area (TPSA) is 57.7 Å². The summed E-state index contributed by atoms with van der Waals surface area (Å²) in [6.07, 6.45) is 0.694. The summed E-state index contributed by atoms with van der Waals surface area (Å²) in [4.78, 5) is 17.3. The number of carbonyl (C=O) groups excluding carboxylic acids is 1. The number of sulfonamides is 1. The normalized spacial score (nSPS) is 16.5. The Bertz CT molecular complexity index is 1180. The maximum Gasteiger partial charge on any atom is 0.257 e. The van der Waals surface area contributed by atoms with Crippen molar-refractivity contribution in [3.8, 4) is 0 Å². The van der Waals surface area contributed by atoms with E-state index in [1.807, 2.05) is 29.0 Å². The molecule has 0 saturated heterocycles. The number of fused-ring (bicyclic) bond motifs is 1. The van der Waals surface area contributed by atoms with E-state index in [2.05, 4.69) is 0 Å². The van der Waals surface area contributed by atoms with E-state index in [4.69, 9.17) is 0 Å². The molecule has 0 N–H and O–H groups in total. The lowest BCUT2D eigenvalue weighted by molar-refractivity contribution is 0.0693. The van der Waals surface area contributed by atoms with Gasteiger partial charge in [0, 0.05) is 29.4 Å². The molecule has 5 nitrogen and oxygen atoms in total. The van der Waals surface area contributed by atoms with Gasteiger partial charge in [-0.15, -0.1) is 22.7 Å². The Hall–Kier alpha value is -2.07. The molecule has 1 unspecified atom stereocenters. The van der Waals surface area contributed by atoms with Crippen LogP contribution in [-0.4, -0.2) is 43.2 Å². The number of thiophene rings is 2. The van der Waals surface area contributed by atoms with Crippen LogP contribution in [0.1, 0.15) is 45.6 Å². The molecule has 164 valence electrons. The average Bonchev–Trinajstić information content (AvgIpc) is 3.45. The molecule has 3 heterocycles. The van der Waals surface area contributed by atoms with E-state index in [0.717, 1.165) is 16.5 Å². The van der Waals surface area contributed by atoms with Gasteiger partial charge in [-0.1, -0.05) is 19.9 Å². The highest BCUT2D eigenvalue weighted by molar-refractivity contribution is 7.89. The van der Waals surface area contributed by atoms with Crippen molar-refractivity contribution in [2.24, 2.45) is 0 Å². The van der Waals surface area contributed by atoms with Crippen molar-refractivity contribution < 1.29 is 17.6 Å². The summed E-state index contributed by atoms with van der Waals surface area (Å²) in [6.45, 7) is 4.53. The Kier molecular flexibility index (Phi) is 6.30. The molecule has 1 amide bonds. The molecule has 0 fully saturated rings. The zero-order valence-corrected chi connectivity index (χ0v) is 19.7. The Morgan fingerprint density at radius 2 is 1.94 bits per heavy atom. The van der Waals surface area contributed by atoms with Crippen molar-refractivity contribution >= 4 is 38.6 Å². The first-order valence-corrected chi connectivity index (χ1v) is 13.3. The lowest BCUT2D eigenvalue weighted by Gasteiger charge is -2.35. The van der Waals surface area contributed by atoms with Crippen molar-refractivity contribution in [3.63, 3.8) is 0 Å². The van der Waals surface area contributed by atoms with Crippen molar-refractivity contribution in [2.45, 2.75) is 31.2 Å².